The van der Waals surface area contributed by atoms with Gasteiger partial charge in [0.25, 0.3) is 5.91 Å². The summed E-state index contributed by atoms with van der Waals surface area (Å²) >= 11 is 6.11. The predicted octanol–water partition coefficient (Wildman–Crippen LogP) is 4.48. The van der Waals surface area contributed by atoms with E-state index in [0.29, 0.717) is 25.0 Å². The first-order valence-corrected chi connectivity index (χ1v) is 11.0. The van der Waals surface area contributed by atoms with E-state index < -0.39 is 44.0 Å². The topological polar surface area (TPSA) is 83.5 Å². The van der Waals surface area contributed by atoms with E-state index in [1.54, 1.807) is 6.92 Å². The molecule has 30 heavy (non-hydrogen) atoms. The molecule has 2 aromatic rings. The third kappa shape index (κ3) is 4.19. The van der Waals surface area contributed by atoms with Crippen LogP contribution < -0.4 is 5.32 Å². The number of hydrogen-bond donors (Lipinski definition) is 2. The van der Waals surface area contributed by atoms with Crippen molar-refractivity contribution in [2.75, 3.05) is 5.32 Å². The number of halogens is 4. The van der Waals surface area contributed by atoms with Crippen LogP contribution in [0, 0.1) is 17.5 Å². The number of carbonyl (C=O) groups is 1. The van der Waals surface area contributed by atoms with Crippen LogP contribution in [0.4, 0.5) is 18.9 Å². The van der Waals surface area contributed by atoms with Gasteiger partial charge in [-0.3, -0.25) is 4.79 Å². The lowest BCUT2D eigenvalue weighted by Crippen LogP contribution is -2.40. The number of hydrogen-bond acceptors (Lipinski definition) is 4. The summed E-state index contributed by atoms with van der Waals surface area (Å²) in [6, 6.07) is 4.83. The molecule has 2 N–H and O–H groups in total. The molecule has 0 atom stereocenters. The summed E-state index contributed by atoms with van der Waals surface area (Å²) in [5, 5.41) is 11.8. The van der Waals surface area contributed by atoms with E-state index in [1.165, 1.54) is 12.1 Å². The second-order valence-corrected chi connectivity index (χ2v) is 10.4. The first-order valence-electron chi connectivity index (χ1n) is 9.13. The van der Waals surface area contributed by atoms with E-state index in [4.69, 9.17) is 11.6 Å². The minimum Gasteiger partial charge on any atom is -0.393 e. The fourth-order valence-electron chi connectivity index (χ4n) is 3.43. The highest BCUT2D eigenvalue weighted by atomic mass is 35.5. The number of sulfone groups is 1. The first-order chi connectivity index (χ1) is 13.9. The van der Waals surface area contributed by atoms with Crippen molar-refractivity contribution < 1.29 is 31.5 Å². The van der Waals surface area contributed by atoms with Crippen molar-refractivity contribution in [1.82, 2.24) is 0 Å². The summed E-state index contributed by atoms with van der Waals surface area (Å²) in [5.41, 5.74) is -0.438. The molecule has 5 nitrogen and oxygen atoms in total. The SMILES string of the molecule is C[C@]1(S(=O)(=O)c2cc(C(=O)Nc3cc(F)c(F)c(F)c3)ccc2Cl)CC[C@@H](O)CC1. The molecular weight excluding hydrogens is 443 g/mol. The molecule has 0 unspecified atom stereocenters. The largest absolute Gasteiger partial charge is 0.393 e. The van der Waals surface area contributed by atoms with Crippen LogP contribution in [0.3, 0.4) is 0 Å². The average Bonchev–Trinajstić information content (AvgIpc) is 2.68. The van der Waals surface area contributed by atoms with Gasteiger partial charge in [0.15, 0.2) is 27.3 Å². The van der Waals surface area contributed by atoms with Crippen LogP contribution in [0.2, 0.25) is 5.02 Å². The Labute approximate surface area is 176 Å². The Morgan fingerprint density at radius 3 is 2.27 bits per heavy atom. The van der Waals surface area contributed by atoms with E-state index in [9.17, 15) is 31.5 Å². The van der Waals surface area contributed by atoms with Crippen LogP contribution in [0.5, 0.6) is 0 Å². The monoisotopic (exact) mass is 461 g/mol. The molecule has 2 aromatic carbocycles. The van der Waals surface area contributed by atoms with Crippen LogP contribution in [0.15, 0.2) is 35.2 Å². The van der Waals surface area contributed by atoms with Crippen LogP contribution >= 0.6 is 11.6 Å². The van der Waals surface area contributed by atoms with Crippen molar-refractivity contribution in [1.29, 1.82) is 0 Å². The Morgan fingerprint density at radius 1 is 1.13 bits per heavy atom. The molecule has 1 aliphatic carbocycles. The van der Waals surface area contributed by atoms with Crippen LogP contribution in [0.25, 0.3) is 0 Å². The molecule has 1 aliphatic rings. The number of anilines is 1. The molecule has 0 saturated heterocycles. The van der Waals surface area contributed by atoms with Gasteiger partial charge in [-0.1, -0.05) is 11.6 Å². The molecule has 1 fully saturated rings. The van der Waals surface area contributed by atoms with E-state index in [1.807, 2.05) is 0 Å². The first kappa shape index (κ1) is 22.6. The van der Waals surface area contributed by atoms with E-state index in [2.05, 4.69) is 5.32 Å². The highest BCUT2D eigenvalue weighted by Crippen LogP contribution is 2.41. The van der Waals surface area contributed by atoms with Crippen molar-refractivity contribution in [2.45, 2.75) is 48.4 Å². The minimum atomic E-state index is -3.96. The second-order valence-electron chi connectivity index (χ2n) is 7.54. The van der Waals surface area contributed by atoms with Gasteiger partial charge in [0.2, 0.25) is 0 Å². The van der Waals surface area contributed by atoms with Gasteiger partial charge in [0, 0.05) is 23.4 Å². The molecule has 0 heterocycles. The van der Waals surface area contributed by atoms with E-state index >= 15 is 0 Å². The van der Waals surface area contributed by atoms with Gasteiger partial charge in [-0.15, -0.1) is 0 Å². The Balaban J connectivity index is 1.92. The third-order valence-electron chi connectivity index (χ3n) is 5.39. The molecule has 0 bridgehead atoms. The van der Waals surface area contributed by atoms with Gasteiger partial charge in [0.05, 0.1) is 20.8 Å². The lowest BCUT2D eigenvalue weighted by atomic mass is 9.88. The number of amides is 1. The standard InChI is InChI=1S/C20H19ClF3NO4S/c1-20(6-4-13(26)5-7-20)30(28,29)17-8-11(2-3-14(17)21)19(27)25-12-9-15(22)18(24)16(23)10-12/h2-3,8-10,13,26H,4-7H2,1H3,(H,25,27)/t13-,20+. The zero-order chi connectivity index (χ0) is 22.3. The molecule has 10 heteroatoms. The highest BCUT2D eigenvalue weighted by Gasteiger charge is 2.43. The number of aliphatic hydroxyl groups excluding tert-OH is 1. The van der Waals surface area contributed by atoms with Gasteiger partial charge in [-0.05, 0) is 50.8 Å². The zero-order valence-electron chi connectivity index (χ0n) is 15.9. The minimum absolute atomic E-state index is 0.0715. The van der Waals surface area contributed by atoms with Crippen LogP contribution in [-0.2, 0) is 9.84 Å². The maximum absolute atomic E-state index is 13.4. The smallest absolute Gasteiger partial charge is 0.255 e. The Bertz CT molecular complexity index is 1080. The van der Waals surface area contributed by atoms with Crippen molar-refractivity contribution >= 4 is 33.0 Å². The predicted molar refractivity (Wildman–Crippen MR) is 106 cm³/mol. The molecular formula is C20H19ClF3NO4S. The molecule has 1 saturated carbocycles. The maximum Gasteiger partial charge on any atom is 0.255 e. The molecule has 0 aromatic heterocycles. The molecule has 0 aliphatic heterocycles. The fourth-order valence-corrected chi connectivity index (χ4v) is 5.76. The van der Waals surface area contributed by atoms with Crippen molar-refractivity contribution in [3.63, 3.8) is 0 Å². The summed E-state index contributed by atoms with van der Waals surface area (Å²) in [5.74, 6) is -5.47. The number of benzene rings is 2. The third-order valence-corrected chi connectivity index (χ3v) is 8.45. The number of aliphatic hydroxyl groups is 1. The normalized spacial score (nSPS) is 22.0. The number of rotatable bonds is 4. The quantitative estimate of drug-likeness (QED) is 0.658. The van der Waals surface area contributed by atoms with Crippen molar-refractivity contribution in [2.24, 2.45) is 0 Å². The fraction of sp³-hybridized carbons (Fsp3) is 0.350. The summed E-state index contributed by atoms with van der Waals surface area (Å²) in [6.07, 6.45) is 0.566. The Kier molecular flexibility index (Phi) is 6.18. The lowest BCUT2D eigenvalue weighted by molar-refractivity contribution is 0.102. The van der Waals surface area contributed by atoms with Crippen LogP contribution in [0.1, 0.15) is 43.0 Å². The molecule has 0 radical (unpaired) electrons. The zero-order valence-corrected chi connectivity index (χ0v) is 17.5. The van der Waals surface area contributed by atoms with Gasteiger partial charge in [-0.2, -0.15) is 0 Å². The molecule has 3 rings (SSSR count). The van der Waals surface area contributed by atoms with Crippen LogP contribution in [-0.4, -0.2) is 30.3 Å². The molecule has 0 spiro atoms. The maximum atomic E-state index is 13.4. The highest BCUT2D eigenvalue weighted by molar-refractivity contribution is 7.93. The van der Waals surface area contributed by atoms with Crippen molar-refractivity contribution in [3.8, 4) is 0 Å². The van der Waals surface area contributed by atoms with Gasteiger partial charge in [-0.25, -0.2) is 21.6 Å². The number of carbonyl (C=O) groups excluding carboxylic acids is 1. The van der Waals surface area contributed by atoms with E-state index in [-0.39, 0.29) is 34.0 Å². The van der Waals surface area contributed by atoms with Gasteiger partial charge < -0.3 is 10.4 Å². The Morgan fingerprint density at radius 2 is 1.70 bits per heavy atom. The van der Waals surface area contributed by atoms with E-state index in [0.717, 1.165) is 6.07 Å². The summed E-state index contributed by atoms with van der Waals surface area (Å²) in [4.78, 5) is 12.2. The average molecular weight is 462 g/mol. The number of nitrogens with one attached hydrogen (secondary N) is 1. The lowest BCUT2D eigenvalue weighted by Gasteiger charge is -2.35. The molecule has 162 valence electrons. The summed E-state index contributed by atoms with van der Waals surface area (Å²) < 4.78 is 65.2. The second kappa shape index (κ2) is 8.20. The Hall–Kier alpha value is -2.10. The summed E-state index contributed by atoms with van der Waals surface area (Å²) in [7, 11) is -3.96. The summed E-state index contributed by atoms with van der Waals surface area (Å²) in [6.45, 7) is 1.57. The molecule has 1 amide bonds. The van der Waals surface area contributed by atoms with Gasteiger partial charge >= 0.3 is 0 Å². The van der Waals surface area contributed by atoms with Gasteiger partial charge in [0.1, 0.15) is 0 Å². The van der Waals surface area contributed by atoms with Crippen molar-refractivity contribution in [3.05, 3.63) is 58.4 Å².